The van der Waals surface area contributed by atoms with Gasteiger partial charge in [0.2, 0.25) is 0 Å². The van der Waals surface area contributed by atoms with E-state index in [9.17, 15) is 0 Å². The second-order valence-corrected chi connectivity index (χ2v) is 17.3. The van der Waals surface area contributed by atoms with Crippen molar-refractivity contribution in [3.05, 3.63) is 255 Å². The summed E-state index contributed by atoms with van der Waals surface area (Å²) < 4.78 is 2.46. The Labute approximate surface area is 383 Å². The first kappa shape index (κ1) is 37.8. The first-order valence-corrected chi connectivity index (χ1v) is 22.8. The molecule has 66 heavy (non-hydrogen) atoms. The Balaban J connectivity index is 1.05. The Morgan fingerprint density at radius 2 is 0.742 bits per heavy atom. The zero-order valence-corrected chi connectivity index (χ0v) is 36.1. The van der Waals surface area contributed by atoms with Gasteiger partial charge in [-0.25, -0.2) is 0 Å². The summed E-state index contributed by atoms with van der Waals surface area (Å²) in [6.07, 6.45) is 0. The Kier molecular flexibility index (Phi) is 8.89. The molecule has 1 aromatic heterocycles. The van der Waals surface area contributed by atoms with E-state index in [4.69, 9.17) is 0 Å². The van der Waals surface area contributed by atoms with Crippen LogP contribution in [-0.2, 0) is 0 Å². The predicted octanol–water partition coefficient (Wildman–Crippen LogP) is 17.8. The number of benzene rings is 12. The van der Waals surface area contributed by atoms with Gasteiger partial charge in [0, 0.05) is 32.8 Å². The zero-order valence-electron chi connectivity index (χ0n) is 36.1. The van der Waals surface area contributed by atoms with Gasteiger partial charge >= 0.3 is 0 Å². The zero-order chi connectivity index (χ0) is 43.6. The van der Waals surface area contributed by atoms with E-state index in [1.54, 1.807) is 0 Å². The van der Waals surface area contributed by atoms with Gasteiger partial charge in [-0.3, -0.25) is 0 Å². The van der Waals surface area contributed by atoms with Gasteiger partial charge in [-0.1, -0.05) is 200 Å². The maximum Gasteiger partial charge on any atom is 0.0541 e. The molecule has 2 nitrogen and oxygen atoms in total. The molecule has 0 amide bonds. The molecule has 0 aliphatic heterocycles. The van der Waals surface area contributed by atoms with Gasteiger partial charge in [-0.15, -0.1) is 0 Å². The molecule has 0 fully saturated rings. The van der Waals surface area contributed by atoms with Crippen molar-refractivity contribution in [2.45, 2.75) is 0 Å². The highest BCUT2D eigenvalue weighted by atomic mass is 15.1. The first-order valence-electron chi connectivity index (χ1n) is 22.8. The van der Waals surface area contributed by atoms with Crippen molar-refractivity contribution in [2.75, 3.05) is 4.90 Å². The average molecular weight is 839 g/mol. The fourth-order valence-electron chi connectivity index (χ4n) is 10.5. The fraction of sp³-hybridized carbons (Fsp3) is 0. The molecular formula is C64H42N2. The summed E-state index contributed by atoms with van der Waals surface area (Å²) in [5, 5.41) is 9.97. The molecule has 0 aliphatic rings. The molecule has 0 spiro atoms. The van der Waals surface area contributed by atoms with Crippen LogP contribution in [0.25, 0.3) is 104 Å². The summed E-state index contributed by atoms with van der Waals surface area (Å²) in [5.74, 6) is 0. The minimum absolute atomic E-state index is 1.09. The number of anilines is 3. The highest BCUT2D eigenvalue weighted by Crippen LogP contribution is 2.48. The Bertz CT molecular complexity index is 3880. The van der Waals surface area contributed by atoms with Gasteiger partial charge in [0.25, 0.3) is 0 Å². The number of rotatable bonds is 8. The molecule has 0 N–H and O–H groups in total. The second-order valence-electron chi connectivity index (χ2n) is 17.3. The van der Waals surface area contributed by atoms with Crippen LogP contribution in [-0.4, -0.2) is 4.57 Å². The molecule has 1 heterocycles. The van der Waals surface area contributed by atoms with Gasteiger partial charge in [0.05, 0.1) is 28.1 Å². The van der Waals surface area contributed by atoms with Gasteiger partial charge in [0.1, 0.15) is 0 Å². The third-order valence-corrected chi connectivity index (χ3v) is 13.5. The molecule has 0 radical (unpaired) electrons. The molecule has 0 aliphatic carbocycles. The Morgan fingerprint density at radius 1 is 0.273 bits per heavy atom. The maximum atomic E-state index is 2.49. The molecule has 0 bridgehead atoms. The first-order chi connectivity index (χ1) is 32.7. The van der Waals surface area contributed by atoms with Gasteiger partial charge in [0.15, 0.2) is 0 Å². The third kappa shape index (κ3) is 6.18. The maximum absolute atomic E-state index is 2.49. The van der Waals surface area contributed by atoms with Gasteiger partial charge < -0.3 is 9.47 Å². The molecular weight excluding hydrogens is 797 g/mol. The molecule has 0 saturated heterocycles. The lowest BCUT2D eigenvalue weighted by Gasteiger charge is -2.30. The minimum Gasteiger partial charge on any atom is -0.309 e. The normalized spacial score (nSPS) is 11.6. The van der Waals surface area contributed by atoms with Crippen LogP contribution in [0.3, 0.4) is 0 Å². The summed E-state index contributed by atoms with van der Waals surface area (Å²) in [7, 11) is 0. The highest BCUT2D eigenvalue weighted by molar-refractivity contribution is 6.27. The van der Waals surface area contributed by atoms with E-state index in [-0.39, 0.29) is 0 Å². The standard InChI is InChI=1S/C64H42N2/c1-3-16-43(17-4-1)47-20-13-22-49(40-47)50-23-15-25-52(42-50)65(58-29-10-7-26-53(58)51-24-14-21-48(41-51)44-18-5-2-6-19-44)61-38-34-45-33-37-57-62(39-35-46-32-36-56(61)63(45)64(46)57)66-59-30-11-8-27-54(59)55-28-9-12-31-60(55)66/h1-42H. The van der Waals surface area contributed by atoms with Crippen molar-refractivity contribution in [2.24, 2.45) is 0 Å². The predicted molar refractivity (Wildman–Crippen MR) is 281 cm³/mol. The second kappa shape index (κ2) is 15.5. The van der Waals surface area contributed by atoms with E-state index < -0.39 is 0 Å². The van der Waals surface area contributed by atoms with Gasteiger partial charge in [-0.2, -0.15) is 0 Å². The molecule has 13 rings (SSSR count). The van der Waals surface area contributed by atoms with Crippen LogP contribution >= 0.6 is 0 Å². The lowest BCUT2D eigenvalue weighted by Crippen LogP contribution is -2.12. The van der Waals surface area contributed by atoms with E-state index in [2.05, 4.69) is 264 Å². The van der Waals surface area contributed by atoms with Crippen molar-refractivity contribution in [1.82, 2.24) is 4.57 Å². The van der Waals surface area contributed by atoms with E-state index in [1.807, 2.05) is 0 Å². The lowest BCUT2D eigenvalue weighted by molar-refractivity contribution is 1.20. The van der Waals surface area contributed by atoms with Gasteiger partial charge in [-0.05, 0) is 115 Å². The number of aromatic nitrogens is 1. The average Bonchev–Trinajstić information content (AvgIpc) is 3.73. The van der Waals surface area contributed by atoms with Crippen molar-refractivity contribution < 1.29 is 0 Å². The topological polar surface area (TPSA) is 8.17 Å². The van der Waals surface area contributed by atoms with E-state index in [0.717, 1.165) is 33.8 Å². The highest BCUT2D eigenvalue weighted by Gasteiger charge is 2.23. The molecule has 308 valence electrons. The van der Waals surface area contributed by atoms with Crippen LogP contribution in [0.15, 0.2) is 255 Å². The summed E-state index contributed by atoms with van der Waals surface area (Å²) in [5.41, 5.74) is 16.4. The molecule has 12 aromatic carbocycles. The third-order valence-electron chi connectivity index (χ3n) is 13.5. The number of hydrogen-bond donors (Lipinski definition) is 0. The van der Waals surface area contributed by atoms with E-state index in [1.165, 1.54) is 87.6 Å². The van der Waals surface area contributed by atoms with Crippen LogP contribution in [0, 0.1) is 0 Å². The van der Waals surface area contributed by atoms with Crippen molar-refractivity contribution in [1.29, 1.82) is 0 Å². The summed E-state index contributed by atoms with van der Waals surface area (Å²) in [6, 6.07) is 93.4. The molecule has 0 unspecified atom stereocenters. The quantitative estimate of drug-likeness (QED) is 0.138. The van der Waals surface area contributed by atoms with Crippen LogP contribution in [0.5, 0.6) is 0 Å². The molecule has 0 saturated carbocycles. The van der Waals surface area contributed by atoms with Crippen molar-refractivity contribution >= 4 is 71.2 Å². The number of fused-ring (bicyclic) bond motifs is 3. The van der Waals surface area contributed by atoms with E-state index >= 15 is 0 Å². The molecule has 2 heteroatoms. The van der Waals surface area contributed by atoms with E-state index in [0.29, 0.717) is 0 Å². The molecule has 13 aromatic rings. The minimum atomic E-state index is 1.09. The van der Waals surface area contributed by atoms with Crippen LogP contribution in [0.4, 0.5) is 17.1 Å². The molecule has 0 atom stereocenters. The summed E-state index contributed by atoms with van der Waals surface area (Å²) in [6.45, 7) is 0. The van der Waals surface area contributed by atoms with Crippen LogP contribution < -0.4 is 4.90 Å². The fourth-order valence-corrected chi connectivity index (χ4v) is 10.5. The smallest absolute Gasteiger partial charge is 0.0541 e. The lowest BCUT2D eigenvalue weighted by atomic mass is 9.91. The summed E-state index contributed by atoms with van der Waals surface area (Å²) >= 11 is 0. The number of para-hydroxylation sites is 3. The summed E-state index contributed by atoms with van der Waals surface area (Å²) in [4.78, 5) is 2.49. The van der Waals surface area contributed by atoms with Crippen LogP contribution in [0.2, 0.25) is 0 Å². The Hall–Kier alpha value is -8.72. The van der Waals surface area contributed by atoms with Crippen molar-refractivity contribution in [3.63, 3.8) is 0 Å². The Morgan fingerprint density at radius 3 is 1.42 bits per heavy atom. The number of nitrogens with zero attached hydrogens (tertiary/aromatic N) is 2. The van der Waals surface area contributed by atoms with Crippen LogP contribution in [0.1, 0.15) is 0 Å². The number of hydrogen-bond acceptors (Lipinski definition) is 1. The monoisotopic (exact) mass is 838 g/mol. The largest absolute Gasteiger partial charge is 0.309 e. The SMILES string of the molecule is c1ccc(-c2cccc(-c3cccc(N(c4ccccc4-c4cccc(-c5ccccc5)c4)c4ccc5ccc6c(-n7c8ccccc8c8ccccc87)ccc7ccc4c5c76)c3)c2)cc1. The van der Waals surface area contributed by atoms with Crippen molar-refractivity contribution in [3.8, 4) is 50.2 Å².